The van der Waals surface area contributed by atoms with E-state index in [0.717, 1.165) is 6.54 Å². The van der Waals surface area contributed by atoms with Crippen LogP contribution in [-0.4, -0.2) is 35.6 Å². The summed E-state index contributed by atoms with van der Waals surface area (Å²) in [6.07, 6.45) is 2.42. The Bertz CT molecular complexity index is 209. The highest BCUT2D eigenvalue weighted by molar-refractivity contribution is 5.70. The van der Waals surface area contributed by atoms with E-state index in [1.807, 2.05) is 6.92 Å². The third-order valence-corrected chi connectivity index (χ3v) is 3.74. The Morgan fingerprint density at radius 1 is 1.46 bits per heavy atom. The second-order valence-corrected chi connectivity index (χ2v) is 4.43. The summed E-state index contributed by atoms with van der Waals surface area (Å²) in [5.74, 6) is 0.294. The van der Waals surface area contributed by atoms with Crippen molar-refractivity contribution in [2.75, 3.05) is 19.6 Å². The van der Waals surface area contributed by atoms with Gasteiger partial charge in [-0.2, -0.15) is 0 Å². The second kappa shape index (κ2) is 3.29. The molecule has 3 heterocycles. The number of carboxylic acid groups (broad SMARTS) is 1. The van der Waals surface area contributed by atoms with Gasteiger partial charge in [0.2, 0.25) is 0 Å². The highest BCUT2D eigenvalue weighted by Crippen LogP contribution is 2.36. The summed E-state index contributed by atoms with van der Waals surface area (Å²) in [6.45, 7) is 5.24. The monoisotopic (exact) mass is 183 g/mol. The van der Waals surface area contributed by atoms with Gasteiger partial charge >= 0.3 is 5.97 Å². The number of hydrogen-bond donors (Lipinski definition) is 1. The molecule has 0 saturated carbocycles. The van der Waals surface area contributed by atoms with Gasteiger partial charge in [0, 0.05) is 6.54 Å². The van der Waals surface area contributed by atoms with E-state index in [1.54, 1.807) is 0 Å². The molecule has 3 fully saturated rings. The largest absolute Gasteiger partial charge is 0.481 e. The zero-order chi connectivity index (χ0) is 9.42. The summed E-state index contributed by atoms with van der Waals surface area (Å²) in [7, 11) is 0. The predicted molar refractivity (Wildman–Crippen MR) is 49.5 cm³/mol. The van der Waals surface area contributed by atoms with Crippen molar-refractivity contribution >= 4 is 5.97 Å². The lowest BCUT2D eigenvalue weighted by Gasteiger charge is -2.46. The normalized spacial score (nSPS) is 40.2. The Hall–Kier alpha value is -0.570. The maximum absolute atomic E-state index is 10.9. The third kappa shape index (κ3) is 1.57. The molecular weight excluding hydrogens is 166 g/mol. The predicted octanol–water partition coefficient (Wildman–Crippen LogP) is 1.05. The molecule has 74 valence electrons. The fourth-order valence-corrected chi connectivity index (χ4v) is 2.76. The Morgan fingerprint density at radius 3 is 2.46 bits per heavy atom. The molecule has 2 bridgehead atoms. The minimum atomic E-state index is -0.626. The molecule has 3 aliphatic heterocycles. The SMILES string of the molecule is CC(C(=O)O)C1CN2CCC1CC2. The number of carbonyl (C=O) groups is 1. The number of nitrogens with zero attached hydrogens (tertiary/aromatic N) is 1. The van der Waals surface area contributed by atoms with Gasteiger partial charge in [-0.15, -0.1) is 0 Å². The lowest BCUT2D eigenvalue weighted by Crippen LogP contribution is -2.50. The van der Waals surface area contributed by atoms with Gasteiger partial charge in [-0.3, -0.25) is 4.79 Å². The van der Waals surface area contributed by atoms with E-state index in [9.17, 15) is 4.79 Å². The molecular formula is C10H17NO2. The van der Waals surface area contributed by atoms with Crippen molar-refractivity contribution < 1.29 is 9.90 Å². The molecule has 2 atom stereocenters. The molecule has 3 rings (SSSR count). The Kier molecular flexibility index (Phi) is 2.28. The third-order valence-electron chi connectivity index (χ3n) is 3.74. The van der Waals surface area contributed by atoms with Crippen LogP contribution in [0.2, 0.25) is 0 Å². The number of carboxylic acids is 1. The zero-order valence-electron chi connectivity index (χ0n) is 8.07. The standard InChI is InChI=1S/C10H17NO2/c1-7(10(12)13)9-6-11-4-2-8(9)3-5-11/h7-9H,2-6H2,1H3,(H,12,13). The Labute approximate surface area is 78.7 Å². The van der Waals surface area contributed by atoms with Gasteiger partial charge in [-0.1, -0.05) is 6.92 Å². The van der Waals surface area contributed by atoms with Crippen LogP contribution in [0.25, 0.3) is 0 Å². The van der Waals surface area contributed by atoms with Crippen molar-refractivity contribution in [1.82, 2.24) is 4.90 Å². The van der Waals surface area contributed by atoms with Crippen LogP contribution in [0.4, 0.5) is 0 Å². The summed E-state index contributed by atoms with van der Waals surface area (Å²) in [4.78, 5) is 13.3. The van der Waals surface area contributed by atoms with Gasteiger partial charge in [-0.05, 0) is 37.8 Å². The van der Waals surface area contributed by atoms with Crippen molar-refractivity contribution in [3.63, 3.8) is 0 Å². The number of hydrogen-bond acceptors (Lipinski definition) is 2. The maximum atomic E-state index is 10.9. The lowest BCUT2D eigenvalue weighted by atomic mass is 9.73. The van der Waals surface area contributed by atoms with Crippen LogP contribution in [0.5, 0.6) is 0 Å². The molecule has 3 nitrogen and oxygen atoms in total. The zero-order valence-corrected chi connectivity index (χ0v) is 8.07. The van der Waals surface area contributed by atoms with Crippen LogP contribution >= 0.6 is 0 Å². The molecule has 0 aromatic rings. The second-order valence-electron chi connectivity index (χ2n) is 4.43. The molecule has 3 aliphatic rings. The number of piperidine rings is 3. The molecule has 1 N–H and O–H groups in total. The number of aliphatic carboxylic acids is 1. The highest BCUT2D eigenvalue weighted by Gasteiger charge is 2.39. The average molecular weight is 183 g/mol. The first-order chi connectivity index (χ1) is 6.18. The summed E-state index contributed by atoms with van der Waals surface area (Å²) >= 11 is 0. The highest BCUT2D eigenvalue weighted by atomic mass is 16.4. The van der Waals surface area contributed by atoms with E-state index in [-0.39, 0.29) is 5.92 Å². The van der Waals surface area contributed by atoms with Crippen molar-refractivity contribution in [3.8, 4) is 0 Å². The molecule has 3 heteroatoms. The maximum Gasteiger partial charge on any atom is 0.306 e. The molecule has 3 saturated heterocycles. The molecule has 2 unspecified atom stereocenters. The molecule has 0 aromatic heterocycles. The van der Waals surface area contributed by atoms with Crippen LogP contribution in [0.15, 0.2) is 0 Å². The first-order valence-corrected chi connectivity index (χ1v) is 5.13. The molecule has 0 aromatic carbocycles. The minimum Gasteiger partial charge on any atom is -0.481 e. The van der Waals surface area contributed by atoms with Crippen molar-refractivity contribution in [3.05, 3.63) is 0 Å². The topological polar surface area (TPSA) is 40.5 Å². The Balaban J connectivity index is 2.04. The Morgan fingerprint density at radius 2 is 2.08 bits per heavy atom. The van der Waals surface area contributed by atoms with E-state index in [2.05, 4.69) is 4.90 Å². The van der Waals surface area contributed by atoms with Crippen molar-refractivity contribution in [2.45, 2.75) is 19.8 Å². The van der Waals surface area contributed by atoms with E-state index < -0.39 is 5.97 Å². The van der Waals surface area contributed by atoms with Crippen LogP contribution in [-0.2, 0) is 4.79 Å². The van der Waals surface area contributed by atoms with E-state index in [1.165, 1.54) is 25.9 Å². The van der Waals surface area contributed by atoms with E-state index >= 15 is 0 Å². The fraction of sp³-hybridized carbons (Fsp3) is 0.900. The van der Waals surface area contributed by atoms with Gasteiger partial charge in [0.15, 0.2) is 0 Å². The van der Waals surface area contributed by atoms with Crippen LogP contribution in [0.3, 0.4) is 0 Å². The quantitative estimate of drug-likeness (QED) is 0.695. The van der Waals surface area contributed by atoms with Gasteiger partial charge < -0.3 is 10.0 Å². The first-order valence-electron chi connectivity index (χ1n) is 5.13. The first kappa shape index (κ1) is 9.00. The van der Waals surface area contributed by atoms with E-state index in [0.29, 0.717) is 11.8 Å². The van der Waals surface area contributed by atoms with Crippen molar-refractivity contribution in [1.29, 1.82) is 0 Å². The number of rotatable bonds is 2. The fourth-order valence-electron chi connectivity index (χ4n) is 2.76. The molecule has 0 aliphatic carbocycles. The van der Waals surface area contributed by atoms with Crippen LogP contribution in [0, 0.1) is 17.8 Å². The molecule has 13 heavy (non-hydrogen) atoms. The summed E-state index contributed by atoms with van der Waals surface area (Å²) in [5.41, 5.74) is 0. The minimum absolute atomic E-state index is 0.159. The van der Waals surface area contributed by atoms with Crippen LogP contribution < -0.4 is 0 Å². The smallest absolute Gasteiger partial charge is 0.306 e. The van der Waals surface area contributed by atoms with Gasteiger partial charge in [-0.25, -0.2) is 0 Å². The average Bonchev–Trinajstić information content (AvgIpc) is 2.18. The summed E-state index contributed by atoms with van der Waals surface area (Å²) < 4.78 is 0. The summed E-state index contributed by atoms with van der Waals surface area (Å²) in [5, 5.41) is 8.94. The van der Waals surface area contributed by atoms with Crippen LogP contribution in [0.1, 0.15) is 19.8 Å². The number of fused-ring (bicyclic) bond motifs is 3. The lowest BCUT2D eigenvalue weighted by molar-refractivity contribution is -0.145. The van der Waals surface area contributed by atoms with Gasteiger partial charge in [0.1, 0.15) is 0 Å². The van der Waals surface area contributed by atoms with Crippen molar-refractivity contribution in [2.24, 2.45) is 17.8 Å². The van der Waals surface area contributed by atoms with E-state index in [4.69, 9.17) is 5.11 Å². The molecule has 0 amide bonds. The molecule has 0 radical (unpaired) electrons. The summed E-state index contributed by atoms with van der Waals surface area (Å²) in [6, 6.07) is 0. The van der Waals surface area contributed by atoms with Gasteiger partial charge in [0.05, 0.1) is 5.92 Å². The molecule has 0 spiro atoms. The van der Waals surface area contributed by atoms with Gasteiger partial charge in [0.25, 0.3) is 0 Å².